The van der Waals surface area contributed by atoms with Gasteiger partial charge in [0.25, 0.3) is 0 Å². The van der Waals surface area contributed by atoms with E-state index in [0.717, 1.165) is 28.2 Å². The normalized spacial score (nSPS) is 12.0. The number of aromatic nitrogens is 3. The first kappa shape index (κ1) is 19.3. The highest BCUT2D eigenvalue weighted by Crippen LogP contribution is 2.24. The van der Waals surface area contributed by atoms with E-state index >= 15 is 0 Å². The zero-order chi connectivity index (χ0) is 20.8. The number of pyridine rings is 1. The number of nitrogens with zero attached hydrogens (tertiary/aromatic N) is 3. The molecule has 0 saturated heterocycles. The molecule has 0 spiro atoms. The SMILES string of the molecule is CC(NC(=O)/C=C/c1cn(-c2ccccc2)nc1-c1ccccc1)c1ccccn1. The second-order valence-corrected chi connectivity index (χ2v) is 6.90. The van der Waals surface area contributed by atoms with E-state index < -0.39 is 0 Å². The molecule has 1 amide bonds. The fourth-order valence-corrected chi connectivity index (χ4v) is 3.18. The smallest absolute Gasteiger partial charge is 0.244 e. The molecule has 5 nitrogen and oxygen atoms in total. The molecule has 0 bridgehead atoms. The summed E-state index contributed by atoms with van der Waals surface area (Å²) in [6, 6.07) is 25.3. The van der Waals surface area contributed by atoms with Crippen molar-refractivity contribution in [2.24, 2.45) is 0 Å². The zero-order valence-corrected chi connectivity index (χ0v) is 16.6. The standard InChI is InChI=1S/C25H22N4O/c1-19(23-14-8-9-17-26-23)27-24(30)16-15-21-18-29(22-12-6-3-7-13-22)28-25(21)20-10-4-2-5-11-20/h2-19H,1H3,(H,27,30)/b16-15+. The number of hydrogen-bond acceptors (Lipinski definition) is 3. The van der Waals surface area contributed by atoms with Crippen LogP contribution < -0.4 is 5.32 Å². The molecular weight excluding hydrogens is 372 g/mol. The number of hydrogen-bond donors (Lipinski definition) is 1. The topological polar surface area (TPSA) is 59.8 Å². The van der Waals surface area contributed by atoms with Gasteiger partial charge in [-0.1, -0.05) is 54.6 Å². The van der Waals surface area contributed by atoms with Gasteiger partial charge in [0.2, 0.25) is 5.91 Å². The molecule has 0 aliphatic heterocycles. The van der Waals surface area contributed by atoms with Crippen molar-refractivity contribution in [1.29, 1.82) is 0 Å². The van der Waals surface area contributed by atoms with Crippen molar-refractivity contribution in [2.75, 3.05) is 0 Å². The lowest BCUT2D eigenvalue weighted by Gasteiger charge is -2.11. The average Bonchev–Trinajstić information content (AvgIpc) is 3.24. The van der Waals surface area contributed by atoms with E-state index in [9.17, 15) is 4.79 Å². The van der Waals surface area contributed by atoms with Crippen LogP contribution in [0.15, 0.2) is 97.3 Å². The van der Waals surface area contributed by atoms with Gasteiger partial charge >= 0.3 is 0 Å². The first-order chi connectivity index (χ1) is 14.7. The predicted molar refractivity (Wildman–Crippen MR) is 119 cm³/mol. The Labute approximate surface area is 175 Å². The highest BCUT2D eigenvalue weighted by molar-refractivity contribution is 5.93. The molecule has 2 heterocycles. The van der Waals surface area contributed by atoms with Gasteiger partial charge in [-0.25, -0.2) is 4.68 Å². The van der Waals surface area contributed by atoms with Crippen molar-refractivity contribution in [3.05, 3.63) is 109 Å². The van der Waals surface area contributed by atoms with E-state index in [0.29, 0.717) is 0 Å². The third-order valence-electron chi connectivity index (χ3n) is 4.71. The van der Waals surface area contributed by atoms with Crippen molar-refractivity contribution >= 4 is 12.0 Å². The predicted octanol–water partition coefficient (Wildman–Crippen LogP) is 4.82. The Morgan fingerprint density at radius 3 is 2.37 bits per heavy atom. The average molecular weight is 394 g/mol. The van der Waals surface area contributed by atoms with E-state index in [1.54, 1.807) is 12.3 Å². The van der Waals surface area contributed by atoms with Gasteiger partial charge in [0.15, 0.2) is 0 Å². The number of nitrogens with one attached hydrogen (secondary N) is 1. The molecule has 2 aromatic carbocycles. The molecule has 0 aliphatic rings. The molecular formula is C25H22N4O. The molecule has 4 rings (SSSR count). The third-order valence-corrected chi connectivity index (χ3v) is 4.71. The van der Waals surface area contributed by atoms with Crippen LogP contribution in [0.2, 0.25) is 0 Å². The summed E-state index contributed by atoms with van der Waals surface area (Å²) in [7, 11) is 0. The van der Waals surface area contributed by atoms with E-state index in [-0.39, 0.29) is 11.9 Å². The van der Waals surface area contributed by atoms with Gasteiger partial charge in [0, 0.05) is 29.6 Å². The summed E-state index contributed by atoms with van der Waals surface area (Å²) >= 11 is 0. The second kappa shape index (κ2) is 9.01. The molecule has 1 N–H and O–H groups in total. The number of amides is 1. The van der Waals surface area contributed by atoms with Gasteiger partial charge in [-0.2, -0.15) is 5.10 Å². The van der Waals surface area contributed by atoms with Crippen LogP contribution in [0.25, 0.3) is 23.0 Å². The number of para-hydroxylation sites is 1. The fraction of sp³-hybridized carbons (Fsp3) is 0.0800. The van der Waals surface area contributed by atoms with E-state index in [1.807, 2.05) is 96.7 Å². The van der Waals surface area contributed by atoms with Crippen LogP contribution in [0, 0.1) is 0 Å². The van der Waals surface area contributed by atoms with Crippen molar-refractivity contribution in [1.82, 2.24) is 20.1 Å². The molecule has 4 aromatic rings. The van der Waals surface area contributed by atoms with Crippen LogP contribution in [-0.2, 0) is 4.79 Å². The summed E-state index contributed by atoms with van der Waals surface area (Å²) in [5.74, 6) is -0.181. The van der Waals surface area contributed by atoms with Gasteiger partial charge in [-0.3, -0.25) is 9.78 Å². The largest absolute Gasteiger partial charge is 0.344 e. The second-order valence-electron chi connectivity index (χ2n) is 6.90. The van der Waals surface area contributed by atoms with Crippen LogP contribution in [0.5, 0.6) is 0 Å². The van der Waals surface area contributed by atoms with Gasteiger partial charge in [-0.05, 0) is 37.3 Å². The maximum Gasteiger partial charge on any atom is 0.244 e. The van der Waals surface area contributed by atoms with Crippen molar-refractivity contribution in [2.45, 2.75) is 13.0 Å². The zero-order valence-electron chi connectivity index (χ0n) is 16.6. The molecule has 0 aliphatic carbocycles. The van der Waals surface area contributed by atoms with Crippen molar-refractivity contribution in [3.8, 4) is 16.9 Å². The minimum absolute atomic E-state index is 0.177. The Morgan fingerprint density at radius 1 is 0.967 bits per heavy atom. The maximum absolute atomic E-state index is 12.5. The molecule has 5 heteroatoms. The number of benzene rings is 2. The lowest BCUT2D eigenvalue weighted by Crippen LogP contribution is -2.25. The van der Waals surface area contributed by atoms with E-state index in [4.69, 9.17) is 5.10 Å². The monoisotopic (exact) mass is 394 g/mol. The van der Waals surface area contributed by atoms with Crippen LogP contribution in [0.1, 0.15) is 24.2 Å². The summed E-state index contributed by atoms with van der Waals surface area (Å²) in [4.78, 5) is 16.8. The quantitative estimate of drug-likeness (QED) is 0.477. The lowest BCUT2D eigenvalue weighted by atomic mass is 10.1. The van der Waals surface area contributed by atoms with Gasteiger partial charge in [0.1, 0.15) is 0 Å². The first-order valence-corrected chi connectivity index (χ1v) is 9.81. The first-order valence-electron chi connectivity index (χ1n) is 9.81. The van der Waals surface area contributed by atoms with Crippen LogP contribution in [0.4, 0.5) is 0 Å². The summed E-state index contributed by atoms with van der Waals surface area (Å²) in [5, 5.41) is 7.71. The molecule has 148 valence electrons. The Kier molecular flexibility index (Phi) is 5.80. The number of rotatable bonds is 6. The summed E-state index contributed by atoms with van der Waals surface area (Å²) in [6.45, 7) is 1.91. The number of carbonyl (C=O) groups is 1. The molecule has 1 unspecified atom stereocenters. The van der Waals surface area contributed by atoms with Gasteiger partial charge < -0.3 is 5.32 Å². The summed E-state index contributed by atoms with van der Waals surface area (Å²) in [5.41, 5.74) is 4.46. The Balaban J connectivity index is 1.59. The Hall–Kier alpha value is -3.99. The highest BCUT2D eigenvalue weighted by atomic mass is 16.1. The van der Waals surface area contributed by atoms with Crippen LogP contribution in [0.3, 0.4) is 0 Å². The van der Waals surface area contributed by atoms with Gasteiger partial charge in [-0.15, -0.1) is 0 Å². The van der Waals surface area contributed by atoms with Gasteiger partial charge in [0.05, 0.1) is 23.1 Å². The molecule has 0 fully saturated rings. The Morgan fingerprint density at radius 2 is 1.67 bits per heavy atom. The summed E-state index contributed by atoms with van der Waals surface area (Å²) in [6.07, 6.45) is 7.00. The molecule has 0 radical (unpaired) electrons. The van der Waals surface area contributed by atoms with Crippen molar-refractivity contribution in [3.63, 3.8) is 0 Å². The minimum Gasteiger partial charge on any atom is -0.344 e. The van der Waals surface area contributed by atoms with E-state index in [2.05, 4.69) is 10.3 Å². The van der Waals surface area contributed by atoms with E-state index in [1.165, 1.54) is 6.08 Å². The maximum atomic E-state index is 12.5. The van der Waals surface area contributed by atoms with Crippen LogP contribution in [-0.4, -0.2) is 20.7 Å². The third kappa shape index (κ3) is 4.52. The molecule has 0 saturated carbocycles. The minimum atomic E-state index is -0.181. The lowest BCUT2D eigenvalue weighted by molar-refractivity contribution is -0.117. The Bertz CT molecular complexity index is 1140. The van der Waals surface area contributed by atoms with Crippen LogP contribution >= 0.6 is 0 Å². The fourth-order valence-electron chi connectivity index (χ4n) is 3.18. The molecule has 1 atom stereocenters. The molecule has 30 heavy (non-hydrogen) atoms. The van der Waals surface area contributed by atoms with Crippen molar-refractivity contribution < 1.29 is 4.79 Å². The number of carbonyl (C=O) groups excluding carboxylic acids is 1. The molecule has 2 aromatic heterocycles. The summed E-state index contributed by atoms with van der Waals surface area (Å²) < 4.78 is 1.83. The highest BCUT2D eigenvalue weighted by Gasteiger charge is 2.12.